The van der Waals surface area contributed by atoms with Crippen LogP contribution in [0.3, 0.4) is 0 Å². The van der Waals surface area contributed by atoms with Crippen LogP contribution < -0.4 is 11.1 Å². The minimum Gasteiger partial charge on any atom is -0.430 e. The maximum absolute atomic E-state index is 11.6. The van der Waals surface area contributed by atoms with Gasteiger partial charge in [0.1, 0.15) is 0 Å². The molecule has 0 radical (unpaired) electrons. The van der Waals surface area contributed by atoms with Gasteiger partial charge in [-0.25, -0.2) is 4.79 Å². The van der Waals surface area contributed by atoms with Crippen molar-refractivity contribution in [1.29, 1.82) is 0 Å². The number of carbonyl (C=O) groups is 2. The van der Waals surface area contributed by atoms with Crippen LogP contribution in [0.5, 0.6) is 0 Å². The summed E-state index contributed by atoms with van der Waals surface area (Å²) in [6.45, 7) is 4.38. The molecule has 0 aliphatic carbocycles. The third kappa shape index (κ3) is 2.59. The molecule has 0 bridgehead atoms. The normalized spacial score (nSPS) is 15.3. The molecule has 0 fully saturated rings. The van der Waals surface area contributed by atoms with Gasteiger partial charge in [0.2, 0.25) is 5.60 Å². The zero-order valence-electron chi connectivity index (χ0n) is 9.46. The quantitative estimate of drug-likeness (QED) is 0.600. The van der Waals surface area contributed by atoms with Crippen molar-refractivity contribution in [3.05, 3.63) is 0 Å². The van der Waals surface area contributed by atoms with E-state index >= 15 is 0 Å². The van der Waals surface area contributed by atoms with Crippen LogP contribution in [-0.4, -0.2) is 36.4 Å². The molecule has 0 saturated heterocycles. The molecule has 2 amide bonds. The van der Waals surface area contributed by atoms with Gasteiger partial charge in [-0.15, -0.1) is 0 Å². The van der Waals surface area contributed by atoms with E-state index in [-0.39, 0.29) is 0 Å². The first kappa shape index (κ1) is 13.7. The maximum atomic E-state index is 11.6. The van der Waals surface area contributed by atoms with Gasteiger partial charge in [-0.1, -0.05) is 20.8 Å². The first-order valence-corrected chi connectivity index (χ1v) is 4.52. The second kappa shape index (κ2) is 4.48. The summed E-state index contributed by atoms with van der Waals surface area (Å²) >= 11 is 0. The fourth-order valence-electron chi connectivity index (χ4n) is 1.25. The lowest BCUT2D eigenvalue weighted by molar-refractivity contribution is -0.158. The van der Waals surface area contributed by atoms with Crippen molar-refractivity contribution in [3.8, 4) is 0 Å². The van der Waals surface area contributed by atoms with Crippen molar-refractivity contribution in [2.24, 2.45) is 11.1 Å². The number of nitrogens with one attached hydrogen (secondary N) is 1. The predicted molar refractivity (Wildman–Crippen MR) is 54.0 cm³/mol. The van der Waals surface area contributed by atoms with Gasteiger partial charge in [-0.2, -0.15) is 0 Å². The highest BCUT2D eigenvalue weighted by Crippen LogP contribution is 2.33. The fourth-order valence-corrected chi connectivity index (χ4v) is 1.25. The molecule has 0 heterocycles. The summed E-state index contributed by atoms with van der Waals surface area (Å²) in [7, 11) is 1.39. The van der Waals surface area contributed by atoms with Gasteiger partial charge >= 0.3 is 6.09 Å². The first-order chi connectivity index (χ1) is 6.71. The van der Waals surface area contributed by atoms with Gasteiger partial charge in [0.05, 0.1) is 6.61 Å². The van der Waals surface area contributed by atoms with E-state index in [1.54, 1.807) is 20.8 Å². The minimum atomic E-state index is -1.66. The molecule has 0 aromatic heterocycles. The standard InChI is InChI=1S/C9H18N2O4/c1-8(2,3)9(5-12,6(13)11-4)15-7(10)14/h12H,5H2,1-4H3,(H2,10,14)(H,11,13)/t9-/m0/s1. The Morgan fingerprint density at radius 3 is 2.07 bits per heavy atom. The number of rotatable bonds is 3. The zero-order valence-corrected chi connectivity index (χ0v) is 9.46. The highest BCUT2D eigenvalue weighted by atomic mass is 16.6. The molecule has 88 valence electrons. The number of amides is 2. The van der Waals surface area contributed by atoms with Crippen molar-refractivity contribution in [3.63, 3.8) is 0 Å². The Morgan fingerprint density at radius 1 is 1.40 bits per heavy atom. The monoisotopic (exact) mass is 218 g/mol. The summed E-state index contributed by atoms with van der Waals surface area (Å²) in [6.07, 6.45) is -1.09. The fraction of sp³-hybridized carbons (Fsp3) is 0.778. The van der Waals surface area contributed by atoms with Crippen molar-refractivity contribution < 1.29 is 19.4 Å². The Balaban J connectivity index is 5.30. The second-order valence-corrected chi connectivity index (χ2v) is 4.24. The molecule has 6 nitrogen and oxygen atoms in total. The minimum absolute atomic E-state index is 0.587. The van der Waals surface area contributed by atoms with Crippen molar-refractivity contribution in [1.82, 2.24) is 5.32 Å². The first-order valence-electron chi connectivity index (χ1n) is 4.52. The molecular weight excluding hydrogens is 200 g/mol. The zero-order chi connectivity index (χ0) is 12.3. The number of hydrogen-bond donors (Lipinski definition) is 3. The van der Waals surface area contributed by atoms with Crippen molar-refractivity contribution in [2.75, 3.05) is 13.7 Å². The number of ether oxygens (including phenoxy) is 1. The lowest BCUT2D eigenvalue weighted by atomic mass is 9.76. The Kier molecular flexibility index (Phi) is 4.09. The number of likely N-dealkylation sites (N-methyl/N-ethyl adjacent to an activating group) is 1. The molecule has 4 N–H and O–H groups in total. The van der Waals surface area contributed by atoms with E-state index in [2.05, 4.69) is 5.32 Å². The third-order valence-corrected chi connectivity index (χ3v) is 2.30. The second-order valence-electron chi connectivity index (χ2n) is 4.24. The summed E-state index contributed by atoms with van der Waals surface area (Å²) in [5.41, 5.74) is 2.46. The largest absolute Gasteiger partial charge is 0.430 e. The Labute approximate surface area is 88.8 Å². The highest BCUT2D eigenvalue weighted by Gasteiger charge is 2.51. The van der Waals surface area contributed by atoms with E-state index in [4.69, 9.17) is 10.5 Å². The average molecular weight is 218 g/mol. The summed E-state index contributed by atoms with van der Waals surface area (Å²) in [6, 6.07) is 0. The molecular formula is C9H18N2O4. The van der Waals surface area contributed by atoms with Gasteiger partial charge in [0.25, 0.3) is 5.91 Å². The molecule has 0 saturated carbocycles. The van der Waals surface area contributed by atoms with E-state index in [1.165, 1.54) is 7.05 Å². The molecule has 0 unspecified atom stereocenters. The van der Waals surface area contributed by atoms with E-state index in [1.807, 2.05) is 0 Å². The third-order valence-electron chi connectivity index (χ3n) is 2.30. The maximum Gasteiger partial charge on any atom is 0.405 e. The highest BCUT2D eigenvalue weighted by molar-refractivity contribution is 5.88. The van der Waals surface area contributed by atoms with Crippen molar-refractivity contribution >= 4 is 12.0 Å². The SMILES string of the molecule is CNC(=O)[C@](CO)(OC(N)=O)C(C)(C)C. The van der Waals surface area contributed by atoms with Crippen LogP contribution in [0, 0.1) is 5.41 Å². The van der Waals surface area contributed by atoms with E-state index in [0.717, 1.165) is 0 Å². The number of primary amides is 1. The van der Waals surface area contributed by atoms with Crippen LogP contribution in [0.1, 0.15) is 20.8 Å². The Morgan fingerprint density at radius 2 is 1.87 bits per heavy atom. The van der Waals surface area contributed by atoms with Crippen LogP contribution in [0.15, 0.2) is 0 Å². The summed E-state index contributed by atoms with van der Waals surface area (Å²) in [4.78, 5) is 22.4. The molecule has 0 aromatic carbocycles. The molecule has 0 aromatic rings. The molecule has 15 heavy (non-hydrogen) atoms. The smallest absolute Gasteiger partial charge is 0.405 e. The number of carbonyl (C=O) groups excluding carboxylic acids is 2. The van der Waals surface area contributed by atoms with Crippen LogP contribution >= 0.6 is 0 Å². The lowest BCUT2D eigenvalue weighted by Gasteiger charge is -2.39. The van der Waals surface area contributed by atoms with Crippen LogP contribution in [0.25, 0.3) is 0 Å². The topological polar surface area (TPSA) is 102 Å². The molecule has 0 aliphatic rings. The number of aliphatic hydroxyl groups is 1. The number of hydrogen-bond acceptors (Lipinski definition) is 4. The van der Waals surface area contributed by atoms with E-state index < -0.39 is 29.6 Å². The summed E-state index contributed by atoms with van der Waals surface area (Å²) in [5.74, 6) is -0.587. The Bertz CT molecular complexity index is 259. The van der Waals surface area contributed by atoms with Crippen LogP contribution in [0.2, 0.25) is 0 Å². The van der Waals surface area contributed by atoms with Gasteiger partial charge < -0.3 is 20.9 Å². The molecule has 6 heteroatoms. The molecule has 0 aliphatic heterocycles. The van der Waals surface area contributed by atoms with Crippen LogP contribution in [-0.2, 0) is 9.53 Å². The average Bonchev–Trinajstić information content (AvgIpc) is 2.10. The van der Waals surface area contributed by atoms with Gasteiger partial charge in [0.15, 0.2) is 0 Å². The predicted octanol–water partition coefficient (Wildman–Crippen LogP) is -0.395. The van der Waals surface area contributed by atoms with Crippen LogP contribution in [0.4, 0.5) is 4.79 Å². The summed E-state index contributed by atoms with van der Waals surface area (Å²) < 4.78 is 4.78. The van der Waals surface area contributed by atoms with E-state index in [9.17, 15) is 14.7 Å². The van der Waals surface area contributed by atoms with Gasteiger partial charge in [-0.3, -0.25) is 4.79 Å². The van der Waals surface area contributed by atoms with Crippen molar-refractivity contribution in [2.45, 2.75) is 26.4 Å². The molecule has 1 atom stereocenters. The molecule has 0 spiro atoms. The number of nitrogens with two attached hydrogens (primary N) is 1. The van der Waals surface area contributed by atoms with Gasteiger partial charge in [0, 0.05) is 12.5 Å². The lowest BCUT2D eigenvalue weighted by Crippen LogP contribution is -2.60. The Hall–Kier alpha value is -1.30. The molecule has 0 rings (SSSR count). The number of aliphatic hydroxyl groups excluding tert-OH is 1. The summed E-state index contributed by atoms with van der Waals surface area (Å²) in [5, 5.41) is 11.6. The van der Waals surface area contributed by atoms with Gasteiger partial charge in [-0.05, 0) is 0 Å². The van der Waals surface area contributed by atoms with E-state index in [0.29, 0.717) is 0 Å².